The van der Waals surface area contributed by atoms with Crippen LogP contribution in [0.3, 0.4) is 0 Å². The third-order valence-corrected chi connectivity index (χ3v) is 5.44. The first kappa shape index (κ1) is 17.5. The maximum absolute atomic E-state index is 13.0. The van der Waals surface area contributed by atoms with Gasteiger partial charge in [0.2, 0.25) is 0 Å². The molecular weight excluding hydrogens is 334 g/mol. The number of hydrogen-bond acceptors (Lipinski definition) is 3. The summed E-state index contributed by atoms with van der Waals surface area (Å²) in [5, 5.41) is 0.641. The zero-order valence-electron chi connectivity index (χ0n) is 14.7. The van der Waals surface area contributed by atoms with Gasteiger partial charge in [-0.25, -0.2) is 13.4 Å². The van der Waals surface area contributed by atoms with E-state index in [4.69, 9.17) is 0 Å². The van der Waals surface area contributed by atoms with Crippen molar-refractivity contribution in [2.45, 2.75) is 38.6 Å². The van der Waals surface area contributed by atoms with Gasteiger partial charge in [-0.2, -0.15) is 0 Å². The molecule has 0 saturated carbocycles. The van der Waals surface area contributed by atoms with Gasteiger partial charge in [0.1, 0.15) is 10.5 Å². The Hall–Kier alpha value is -2.34. The van der Waals surface area contributed by atoms with Crippen LogP contribution in [0.4, 0.5) is 5.69 Å². The molecule has 0 fully saturated rings. The summed E-state index contributed by atoms with van der Waals surface area (Å²) in [6, 6.07) is 11.0. The summed E-state index contributed by atoms with van der Waals surface area (Å²) in [5.41, 5.74) is 2.36. The lowest BCUT2D eigenvalue weighted by Crippen LogP contribution is -2.13. The van der Waals surface area contributed by atoms with Crippen LogP contribution < -0.4 is 4.72 Å². The van der Waals surface area contributed by atoms with Crippen molar-refractivity contribution in [2.75, 3.05) is 4.72 Å². The van der Waals surface area contributed by atoms with E-state index in [9.17, 15) is 8.42 Å². The highest BCUT2D eigenvalue weighted by molar-refractivity contribution is 7.93. The molecule has 0 atom stereocenters. The van der Waals surface area contributed by atoms with E-state index in [2.05, 4.69) is 23.6 Å². The highest BCUT2D eigenvalue weighted by Crippen LogP contribution is 2.26. The minimum absolute atomic E-state index is 0.262. The van der Waals surface area contributed by atoms with Crippen molar-refractivity contribution >= 4 is 26.7 Å². The van der Waals surface area contributed by atoms with E-state index in [1.165, 1.54) is 0 Å². The molecule has 1 aromatic carbocycles. The zero-order valence-corrected chi connectivity index (χ0v) is 15.5. The van der Waals surface area contributed by atoms with Gasteiger partial charge in [-0.15, -0.1) is 0 Å². The van der Waals surface area contributed by atoms with Crippen LogP contribution >= 0.6 is 0 Å². The first-order valence-electron chi connectivity index (χ1n) is 8.46. The number of rotatable bonds is 6. The van der Waals surface area contributed by atoms with Crippen LogP contribution in [0.2, 0.25) is 0 Å². The van der Waals surface area contributed by atoms with Gasteiger partial charge in [-0.05, 0) is 42.2 Å². The molecule has 1 N–H and O–H groups in total. The fourth-order valence-electron chi connectivity index (χ4n) is 2.90. The fraction of sp³-hybridized carbons (Fsp3) is 0.316. The second kappa shape index (κ2) is 6.88. The lowest BCUT2D eigenvalue weighted by atomic mass is 10.1. The van der Waals surface area contributed by atoms with Crippen molar-refractivity contribution in [2.24, 2.45) is 5.92 Å². The van der Waals surface area contributed by atoms with Gasteiger partial charge in [-0.3, -0.25) is 4.72 Å². The van der Waals surface area contributed by atoms with E-state index in [-0.39, 0.29) is 4.90 Å². The Morgan fingerprint density at radius 3 is 2.72 bits per heavy atom. The molecule has 0 aliphatic rings. The van der Waals surface area contributed by atoms with E-state index >= 15 is 0 Å². The number of anilines is 1. The average molecular weight is 357 g/mol. The van der Waals surface area contributed by atoms with Crippen LogP contribution in [0.5, 0.6) is 0 Å². The van der Waals surface area contributed by atoms with Crippen LogP contribution in [0.15, 0.2) is 53.7 Å². The molecule has 25 heavy (non-hydrogen) atoms. The lowest BCUT2D eigenvalue weighted by molar-refractivity contribution is 0.530. The van der Waals surface area contributed by atoms with Gasteiger partial charge in [0, 0.05) is 30.0 Å². The van der Waals surface area contributed by atoms with Crippen molar-refractivity contribution in [1.82, 2.24) is 9.55 Å². The van der Waals surface area contributed by atoms with Crippen LogP contribution in [-0.4, -0.2) is 18.0 Å². The summed E-state index contributed by atoms with van der Waals surface area (Å²) in [5.74, 6) is 0.391. The minimum atomic E-state index is -3.69. The number of aryl methyl sites for hydroxylation is 1. The minimum Gasteiger partial charge on any atom is -0.331 e. The summed E-state index contributed by atoms with van der Waals surface area (Å²) in [7, 11) is -3.69. The molecule has 6 heteroatoms. The van der Waals surface area contributed by atoms with E-state index in [1.54, 1.807) is 30.6 Å². The Morgan fingerprint density at radius 1 is 1.20 bits per heavy atom. The molecule has 0 saturated heterocycles. The molecule has 0 aliphatic heterocycles. The number of fused-ring (bicyclic) bond motifs is 1. The van der Waals surface area contributed by atoms with Crippen molar-refractivity contribution < 1.29 is 8.42 Å². The maximum Gasteiger partial charge on any atom is 0.264 e. The third kappa shape index (κ3) is 3.69. The lowest BCUT2D eigenvalue weighted by Gasteiger charge is -2.08. The predicted octanol–water partition coefficient (Wildman–Crippen LogP) is 4.06. The topological polar surface area (TPSA) is 64.0 Å². The number of nitrogens with one attached hydrogen (secondary N) is 1. The normalized spacial score (nSPS) is 12.0. The van der Waals surface area contributed by atoms with Crippen LogP contribution in [0.25, 0.3) is 11.0 Å². The molecule has 0 spiro atoms. The SMILES string of the molecule is CCc1cccc(NS(=O)(=O)c2cn(CC(C)C)c3ncccc23)c1. The van der Waals surface area contributed by atoms with Crippen LogP contribution in [-0.2, 0) is 23.0 Å². The Kier molecular flexibility index (Phi) is 4.81. The highest BCUT2D eigenvalue weighted by atomic mass is 32.2. The molecule has 3 rings (SSSR count). The fourth-order valence-corrected chi connectivity index (χ4v) is 4.16. The second-order valence-corrected chi connectivity index (χ2v) is 8.22. The highest BCUT2D eigenvalue weighted by Gasteiger charge is 2.22. The molecule has 0 unspecified atom stereocenters. The van der Waals surface area contributed by atoms with Gasteiger partial charge in [-0.1, -0.05) is 32.9 Å². The number of hydrogen-bond donors (Lipinski definition) is 1. The van der Waals surface area contributed by atoms with Crippen molar-refractivity contribution in [3.05, 3.63) is 54.4 Å². The molecule has 3 aromatic rings. The molecule has 0 radical (unpaired) electrons. The molecule has 132 valence electrons. The second-order valence-electron chi connectivity index (χ2n) is 6.57. The summed E-state index contributed by atoms with van der Waals surface area (Å²) in [6.45, 7) is 6.95. The smallest absolute Gasteiger partial charge is 0.264 e. The molecule has 0 aliphatic carbocycles. The van der Waals surface area contributed by atoms with Crippen molar-refractivity contribution in [3.63, 3.8) is 0 Å². The number of benzene rings is 1. The van der Waals surface area contributed by atoms with Crippen LogP contribution in [0, 0.1) is 5.92 Å². The van der Waals surface area contributed by atoms with Gasteiger partial charge in [0.15, 0.2) is 0 Å². The molecule has 2 aromatic heterocycles. The summed E-state index contributed by atoms with van der Waals surface area (Å²) >= 11 is 0. The number of pyridine rings is 1. The predicted molar refractivity (Wildman–Crippen MR) is 101 cm³/mol. The number of aromatic nitrogens is 2. The number of nitrogens with zero attached hydrogens (tertiary/aromatic N) is 2. The largest absolute Gasteiger partial charge is 0.331 e. The van der Waals surface area contributed by atoms with E-state index in [0.717, 1.165) is 12.0 Å². The average Bonchev–Trinajstić information content (AvgIpc) is 2.94. The van der Waals surface area contributed by atoms with Crippen molar-refractivity contribution in [1.29, 1.82) is 0 Å². The Labute approximate surface area is 148 Å². The Balaban J connectivity index is 2.04. The summed E-state index contributed by atoms with van der Waals surface area (Å²) in [4.78, 5) is 4.64. The third-order valence-electron chi connectivity index (χ3n) is 4.04. The molecule has 5 nitrogen and oxygen atoms in total. The quantitative estimate of drug-likeness (QED) is 0.724. The first-order chi connectivity index (χ1) is 11.9. The molecule has 0 bridgehead atoms. The monoisotopic (exact) mass is 357 g/mol. The molecule has 0 amide bonds. The standard InChI is InChI=1S/C19H23N3O2S/c1-4-15-7-5-8-16(11-15)21-25(23,24)18-13-22(12-14(2)3)19-17(18)9-6-10-20-19/h5-11,13-14,21H,4,12H2,1-3H3. The van der Waals surface area contributed by atoms with Crippen molar-refractivity contribution in [3.8, 4) is 0 Å². The van der Waals surface area contributed by atoms with Gasteiger partial charge in [0.05, 0.1) is 0 Å². The first-order valence-corrected chi connectivity index (χ1v) is 9.94. The zero-order chi connectivity index (χ0) is 18.0. The molecule has 2 heterocycles. The van der Waals surface area contributed by atoms with Gasteiger partial charge in [0.25, 0.3) is 10.0 Å². The van der Waals surface area contributed by atoms with Gasteiger partial charge < -0.3 is 4.57 Å². The van der Waals surface area contributed by atoms with Gasteiger partial charge >= 0.3 is 0 Å². The van der Waals surface area contributed by atoms with E-state index in [1.807, 2.05) is 29.7 Å². The van der Waals surface area contributed by atoms with Crippen LogP contribution in [0.1, 0.15) is 26.3 Å². The van der Waals surface area contributed by atoms with E-state index < -0.39 is 10.0 Å². The Morgan fingerprint density at radius 2 is 2.00 bits per heavy atom. The van der Waals surface area contributed by atoms with E-state index in [0.29, 0.717) is 29.2 Å². The summed E-state index contributed by atoms with van der Waals surface area (Å²) in [6.07, 6.45) is 4.23. The maximum atomic E-state index is 13.0. The Bertz CT molecular complexity index is 991. The molecular formula is C19H23N3O2S. The number of sulfonamides is 1. The summed E-state index contributed by atoms with van der Waals surface area (Å²) < 4.78 is 30.5.